The summed E-state index contributed by atoms with van der Waals surface area (Å²) in [6.07, 6.45) is 1.33. The summed E-state index contributed by atoms with van der Waals surface area (Å²) in [7, 11) is 0. The van der Waals surface area contributed by atoms with Gasteiger partial charge in [0.05, 0.1) is 5.56 Å². The summed E-state index contributed by atoms with van der Waals surface area (Å²) in [6, 6.07) is 11.9. The highest BCUT2D eigenvalue weighted by atomic mass is 19.1. The van der Waals surface area contributed by atoms with E-state index in [1.807, 2.05) is 0 Å². The molecule has 0 spiro atoms. The molecule has 0 aliphatic rings. The third-order valence-corrected chi connectivity index (χ3v) is 3.39. The zero-order valence-electron chi connectivity index (χ0n) is 12.9. The lowest BCUT2D eigenvalue weighted by molar-refractivity contribution is 0.0697. The van der Waals surface area contributed by atoms with Crippen molar-refractivity contribution in [1.29, 1.82) is 0 Å². The number of carboxylic acids is 1. The molecule has 126 valence electrons. The number of nitrogens with zero attached hydrogens (tertiary/aromatic N) is 2. The number of hydrogen-bond acceptors (Lipinski definition) is 6. The minimum absolute atomic E-state index is 0.180. The molecule has 1 aromatic heterocycles. The van der Waals surface area contributed by atoms with Crippen molar-refractivity contribution in [1.82, 2.24) is 9.97 Å². The fraction of sp³-hybridized carbons (Fsp3) is 0. The summed E-state index contributed by atoms with van der Waals surface area (Å²) < 4.78 is 13.0. The maximum atomic E-state index is 13.0. The molecule has 0 unspecified atom stereocenters. The quantitative estimate of drug-likeness (QED) is 0.563. The van der Waals surface area contributed by atoms with Crippen LogP contribution in [0, 0.1) is 5.82 Å². The van der Waals surface area contributed by atoms with Crippen LogP contribution in [0.25, 0.3) is 0 Å². The normalized spacial score (nSPS) is 10.3. The average molecular weight is 339 g/mol. The number of hydrogen-bond donors (Lipinski definition) is 4. The van der Waals surface area contributed by atoms with E-state index in [9.17, 15) is 9.18 Å². The van der Waals surface area contributed by atoms with Crippen LogP contribution in [0.2, 0.25) is 0 Å². The van der Waals surface area contributed by atoms with E-state index in [0.717, 1.165) is 0 Å². The molecule has 0 bridgehead atoms. The van der Waals surface area contributed by atoms with Gasteiger partial charge in [0.2, 0.25) is 0 Å². The van der Waals surface area contributed by atoms with Crippen molar-refractivity contribution in [3.8, 4) is 0 Å². The molecule has 7 nitrogen and oxygen atoms in total. The van der Waals surface area contributed by atoms with E-state index < -0.39 is 5.97 Å². The largest absolute Gasteiger partial charge is 0.478 e. The molecule has 0 saturated heterocycles. The summed E-state index contributed by atoms with van der Waals surface area (Å²) in [5.41, 5.74) is 7.78. The highest BCUT2D eigenvalue weighted by Crippen LogP contribution is 2.28. The van der Waals surface area contributed by atoms with Gasteiger partial charge in [-0.25, -0.2) is 19.2 Å². The first-order valence-electron chi connectivity index (χ1n) is 7.26. The molecule has 0 atom stereocenters. The second-order valence-corrected chi connectivity index (χ2v) is 5.12. The molecular formula is C17H14FN5O2. The van der Waals surface area contributed by atoms with Crippen molar-refractivity contribution >= 4 is 34.7 Å². The molecule has 2 aromatic carbocycles. The van der Waals surface area contributed by atoms with Gasteiger partial charge in [-0.15, -0.1) is 0 Å². The molecule has 3 aromatic rings. The van der Waals surface area contributed by atoms with E-state index in [4.69, 9.17) is 10.8 Å². The molecule has 8 heteroatoms. The van der Waals surface area contributed by atoms with Crippen LogP contribution >= 0.6 is 0 Å². The van der Waals surface area contributed by atoms with Gasteiger partial charge in [-0.05, 0) is 48.5 Å². The predicted octanol–water partition coefficient (Wildman–Crippen LogP) is 3.38. The van der Waals surface area contributed by atoms with Crippen LogP contribution in [0.15, 0.2) is 54.9 Å². The number of carboxylic acid groups (broad SMARTS) is 1. The van der Waals surface area contributed by atoms with Crippen LogP contribution in [0.5, 0.6) is 0 Å². The SMILES string of the molecule is Nc1c(Nc2ccc(F)cc2)ncnc1Nc1ccc(C(=O)O)cc1. The van der Waals surface area contributed by atoms with Crippen LogP contribution in [0.4, 0.5) is 33.1 Å². The number of nitrogens with one attached hydrogen (secondary N) is 2. The predicted molar refractivity (Wildman–Crippen MR) is 92.8 cm³/mol. The van der Waals surface area contributed by atoms with E-state index in [-0.39, 0.29) is 17.1 Å². The molecule has 5 N–H and O–H groups in total. The fourth-order valence-corrected chi connectivity index (χ4v) is 2.10. The summed E-state index contributed by atoms with van der Waals surface area (Å²) in [5.74, 6) is -0.610. The summed E-state index contributed by atoms with van der Waals surface area (Å²) in [6.45, 7) is 0. The lowest BCUT2D eigenvalue weighted by Crippen LogP contribution is -2.05. The average Bonchev–Trinajstić information content (AvgIpc) is 2.61. The number of nitrogens with two attached hydrogens (primary N) is 1. The van der Waals surface area contributed by atoms with Gasteiger partial charge < -0.3 is 21.5 Å². The molecule has 0 aliphatic heterocycles. The van der Waals surface area contributed by atoms with Gasteiger partial charge >= 0.3 is 5.97 Å². The van der Waals surface area contributed by atoms with Gasteiger partial charge in [-0.3, -0.25) is 0 Å². The number of halogens is 1. The molecule has 3 rings (SSSR count). The van der Waals surface area contributed by atoms with E-state index in [1.54, 1.807) is 24.3 Å². The number of rotatable bonds is 5. The Hall–Kier alpha value is -3.68. The zero-order chi connectivity index (χ0) is 17.8. The number of anilines is 5. The molecule has 0 amide bonds. The molecule has 25 heavy (non-hydrogen) atoms. The van der Waals surface area contributed by atoms with Gasteiger partial charge in [0, 0.05) is 11.4 Å². The number of benzene rings is 2. The van der Waals surface area contributed by atoms with Crippen molar-refractivity contribution < 1.29 is 14.3 Å². The summed E-state index contributed by atoms with van der Waals surface area (Å²) >= 11 is 0. The second kappa shape index (κ2) is 6.83. The minimum atomic E-state index is -1.00. The Morgan fingerprint density at radius 1 is 0.920 bits per heavy atom. The van der Waals surface area contributed by atoms with Gasteiger partial charge in [0.25, 0.3) is 0 Å². The van der Waals surface area contributed by atoms with Crippen molar-refractivity contribution in [2.24, 2.45) is 0 Å². The molecule has 0 fully saturated rings. The maximum Gasteiger partial charge on any atom is 0.335 e. The Kier molecular flexibility index (Phi) is 4.42. The minimum Gasteiger partial charge on any atom is -0.478 e. The van der Waals surface area contributed by atoms with Crippen molar-refractivity contribution in [3.63, 3.8) is 0 Å². The zero-order valence-corrected chi connectivity index (χ0v) is 12.9. The van der Waals surface area contributed by atoms with Crippen molar-refractivity contribution in [2.75, 3.05) is 16.4 Å². The van der Waals surface area contributed by atoms with Gasteiger partial charge in [-0.1, -0.05) is 0 Å². The first kappa shape index (κ1) is 16.2. The monoisotopic (exact) mass is 339 g/mol. The standard InChI is InChI=1S/C17H14FN5O2/c18-11-3-7-13(8-4-11)23-16-14(19)15(20-9-21-16)22-12-5-1-10(2-6-12)17(24)25/h1-9H,19H2,(H,24,25)(H2,20,21,22,23). The topological polar surface area (TPSA) is 113 Å². The van der Waals surface area contributed by atoms with Crippen LogP contribution in [-0.4, -0.2) is 21.0 Å². The number of carbonyl (C=O) groups is 1. The van der Waals surface area contributed by atoms with Gasteiger partial charge in [-0.2, -0.15) is 0 Å². The van der Waals surface area contributed by atoms with E-state index in [0.29, 0.717) is 23.0 Å². The van der Waals surface area contributed by atoms with Crippen molar-refractivity contribution in [2.45, 2.75) is 0 Å². The fourth-order valence-electron chi connectivity index (χ4n) is 2.10. The first-order chi connectivity index (χ1) is 12.0. The molecule has 0 aliphatic carbocycles. The van der Waals surface area contributed by atoms with Crippen LogP contribution in [0.1, 0.15) is 10.4 Å². The molecule has 0 radical (unpaired) electrons. The van der Waals surface area contributed by atoms with Crippen molar-refractivity contribution in [3.05, 3.63) is 66.2 Å². The molecular weight excluding hydrogens is 325 g/mol. The Bertz CT molecular complexity index is 898. The number of aromatic carboxylic acids is 1. The van der Waals surface area contributed by atoms with Crippen LogP contribution < -0.4 is 16.4 Å². The second-order valence-electron chi connectivity index (χ2n) is 5.12. The van der Waals surface area contributed by atoms with Crippen LogP contribution in [0.3, 0.4) is 0 Å². The van der Waals surface area contributed by atoms with Gasteiger partial charge in [0.15, 0.2) is 11.6 Å². The summed E-state index contributed by atoms with van der Waals surface area (Å²) in [5, 5.41) is 14.9. The summed E-state index contributed by atoms with van der Waals surface area (Å²) in [4.78, 5) is 19.0. The number of aromatic nitrogens is 2. The third kappa shape index (κ3) is 3.81. The Labute approximate surface area is 142 Å². The highest BCUT2D eigenvalue weighted by molar-refractivity contribution is 5.88. The van der Waals surface area contributed by atoms with E-state index in [2.05, 4.69) is 20.6 Å². The highest BCUT2D eigenvalue weighted by Gasteiger charge is 2.09. The third-order valence-electron chi connectivity index (χ3n) is 3.39. The molecule has 1 heterocycles. The smallest absolute Gasteiger partial charge is 0.335 e. The lowest BCUT2D eigenvalue weighted by Gasteiger charge is -2.12. The van der Waals surface area contributed by atoms with E-state index in [1.165, 1.54) is 30.6 Å². The maximum absolute atomic E-state index is 13.0. The Balaban J connectivity index is 1.80. The first-order valence-corrected chi connectivity index (χ1v) is 7.26. The number of nitrogen functional groups attached to an aromatic ring is 1. The lowest BCUT2D eigenvalue weighted by atomic mass is 10.2. The van der Waals surface area contributed by atoms with E-state index >= 15 is 0 Å². The molecule has 0 saturated carbocycles. The van der Waals surface area contributed by atoms with Gasteiger partial charge in [0.1, 0.15) is 17.8 Å². The Morgan fingerprint density at radius 3 is 1.88 bits per heavy atom. The Morgan fingerprint density at radius 2 is 1.40 bits per heavy atom. The van der Waals surface area contributed by atoms with Crippen LogP contribution in [-0.2, 0) is 0 Å².